The molecule has 0 aromatic heterocycles. The molecule has 0 saturated heterocycles. The second-order valence-corrected chi connectivity index (χ2v) is 4.85. The van der Waals surface area contributed by atoms with Crippen LogP contribution in [0.1, 0.15) is 15.9 Å². The van der Waals surface area contributed by atoms with Crippen molar-refractivity contribution in [2.75, 3.05) is 12.4 Å². The molecule has 2 aromatic rings. The molecule has 0 bridgehead atoms. The Kier molecular flexibility index (Phi) is 4.38. The summed E-state index contributed by atoms with van der Waals surface area (Å²) in [5.74, 6) is 0.466. The number of carbonyl (C=O) groups excluding carboxylic acids is 1. The van der Waals surface area contributed by atoms with Crippen molar-refractivity contribution in [3.63, 3.8) is 0 Å². The van der Waals surface area contributed by atoms with Gasteiger partial charge in [-0.1, -0.05) is 0 Å². The van der Waals surface area contributed by atoms with E-state index < -0.39 is 0 Å². The lowest BCUT2D eigenvalue weighted by Crippen LogP contribution is -2.11. The Morgan fingerprint density at radius 2 is 1.95 bits per heavy atom. The van der Waals surface area contributed by atoms with Crippen molar-refractivity contribution < 1.29 is 9.53 Å². The van der Waals surface area contributed by atoms with Gasteiger partial charge in [-0.15, -0.1) is 0 Å². The summed E-state index contributed by atoms with van der Waals surface area (Å²) < 4.78 is 5.89. The maximum absolute atomic E-state index is 12.0. The van der Waals surface area contributed by atoms with Gasteiger partial charge in [-0.05, 0) is 58.4 Å². The molecular weight excluding hydrogens is 320 g/mol. The van der Waals surface area contributed by atoms with Gasteiger partial charge in [0.1, 0.15) is 5.75 Å². The normalized spacial score (nSPS) is 9.65. The highest BCUT2D eigenvalue weighted by molar-refractivity contribution is 9.10. The first-order chi connectivity index (χ1) is 9.63. The number of carbonyl (C=O) groups is 1. The highest BCUT2D eigenvalue weighted by Crippen LogP contribution is 2.27. The summed E-state index contributed by atoms with van der Waals surface area (Å²) in [4.78, 5) is 12.0. The first kappa shape index (κ1) is 14.1. The Morgan fingerprint density at radius 1 is 1.25 bits per heavy atom. The molecule has 20 heavy (non-hydrogen) atoms. The van der Waals surface area contributed by atoms with Crippen LogP contribution in [0.2, 0.25) is 0 Å². The summed E-state index contributed by atoms with van der Waals surface area (Å²) in [5, 5.41) is 11.5. The lowest BCUT2D eigenvalue weighted by Gasteiger charge is -2.08. The molecule has 0 aliphatic heterocycles. The van der Waals surface area contributed by atoms with Gasteiger partial charge in [0, 0.05) is 11.3 Å². The second kappa shape index (κ2) is 6.22. The number of hydrogen-bond donors (Lipinski definition) is 1. The molecule has 1 amide bonds. The number of amides is 1. The third-order valence-electron chi connectivity index (χ3n) is 2.69. The van der Waals surface area contributed by atoms with E-state index >= 15 is 0 Å². The van der Waals surface area contributed by atoms with Crippen LogP contribution >= 0.6 is 15.9 Å². The van der Waals surface area contributed by atoms with Crippen molar-refractivity contribution in [2.24, 2.45) is 0 Å². The summed E-state index contributed by atoms with van der Waals surface area (Å²) in [6.45, 7) is 0. The maximum Gasteiger partial charge on any atom is 0.255 e. The standard InChI is InChI=1S/C15H11BrN2O2/c1-20-14-7-6-12(8-13(14)16)18-15(19)11-4-2-10(9-17)3-5-11/h2-8H,1H3,(H,18,19). The Labute approximate surface area is 125 Å². The molecule has 0 atom stereocenters. The molecule has 2 rings (SSSR count). The third kappa shape index (κ3) is 3.16. The van der Waals surface area contributed by atoms with Crippen LogP contribution in [0.3, 0.4) is 0 Å². The van der Waals surface area contributed by atoms with E-state index in [1.807, 2.05) is 6.07 Å². The number of nitriles is 1. The van der Waals surface area contributed by atoms with E-state index in [4.69, 9.17) is 10.00 Å². The lowest BCUT2D eigenvalue weighted by atomic mass is 10.1. The zero-order valence-corrected chi connectivity index (χ0v) is 12.3. The van der Waals surface area contributed by atoms with Crippen molar-refractivity contribution >= 4 is 27.5 Å². The van der Waals surface area contributed by atoms with E-state index in [0.717, 1.165) is 4.47 Å². The average molecular weight is 331 g/mol. The number of halogens is 1. The van der Waals surface area contributed by atoms with Crippen LogP contribution in [-0.2, 0) is 0 Å². The van der Waals surface area contributed by atoms with Gasteiger partial charge in [0.2, 0.25) is 0 Å². The summed E-state index contributed by atoms with van der Waals surface area (Å²) in [6, 6.07) is 13.7. The third-order valence-corrected chi connectivity index (χ3v) is 3.31. The number of hydrogen-bond acceptors (Lipinski definition) is 3. The minimum atomic E-state index is -0.230. The van der Waals surface area contributed by atoms with Crippen molar-refractivity contribution in [1.82, 2.24) is 0 Å². The SMILES string of the molecule is COc1ccc(NC(=O)c2ccc(C#N)cc2)cc1Br. The van der Waals surface area contributed by atoms with Crippen LogP contribution in [0, 0.1) is 11.3 Å². The molecule has 2 aromatic carbocycles. The fraction of sp³-hybridized carbons (Fsp3) is 0.0667. The second-order valence-electron chi connectivity index (χ2n) is 3.99. The molecule has 0 heterocycles. The molecule has 0 unspecified atom stereocenters. The number of nitrogens with zero attached hydrogens (tertiary/aromatic N) is 1. The predicted molar refractivity (Wildman–Crippen MR) is 79.8 cm³/mol. The predicted octanol–water partition coefficient (Wildman–Crippen LogP) is 3.58. The lowest BCUT2D eigenvalue weighted by molar-refractivity contribution is 0.102. The zero-order valence-electron chi connectivity index (χ0n) is 10.7. The Morgan fingerprint density at radius 3 is 2.50 bits per heavy atom. The molecule has 100 valence electrons. The van der Waals surface area contributed by atoms with Gasteiger partial charge in [-0.25, -0.2) is 0 Å². The highest BCUT2D eigenvalue weighted by atomic mass is 79.9. The molecule has 0 radical (unpaired) electrons. The fourth-order valence-electron chi connectivity index (χ4n) is 1.64. The number of anilines is 1. The van der Waals surface area contributed by atoms with Crippen molar-refractivity contribution in [3.05, 3.63) is 58.1 Å². The highest BCUT2D eigenvalue weighted by Gasteiger charge is 2.07. The quantitative estimate of drug-likeness (QED) is 0.935. The number of ether oxygens (including phenoxy) is 1. The van der Waals surface area contributed by atoms with Crippen molar-refractivity contribution in [3.8, 4) is 11.8 Å². The number of nitrogens with one attached hydrogen (secondary N) is 1. The van der Waals surface area contributed by atoms with Gasteiger partial charge in [-0.3, -0.25) is 4.79 Å². The Bertz CT molecular complexity index is 675. The molecule has 0 fully saturated rings. The van der Waals surface area contributed by atoms with Crippen molar-refractivity contribution in [2.45, 2.75) is 0 Å². The molecule has 5 heteroatoms. The van der Waals surface area contributed by atoms with E-state index in [1.165, 1.54) is 0 Å². The zero-order chi connectivity index (χ0) is 14.5. The average Bonchev–Trinajstić information content (AvgIpc) is 2.47. The summed E-state index contributed by atoms with van der Waals surface area (Å²) in [6.07, 6.45) is 0. The number of methoxy groups -OCH3 is 1. The minimum Gasteiger partial charge on any atom is -0.496 e. The Balaban J connectivity index is 2.14. The van der Waals surface area contributed by atoms with Crippen molar-refractivity contribution in [1.29, 1.82) is 5.26 Å². The van der Waals surface area contributed by atoms with Gasteiger partial charge < -0.3 is 10.1 Å². The van der Waals surface area contributed by atoms with Crippen LogP contribution in [0.15, 0.2) is 46.9 Å². The molecule has 1 N–H and O–H groups in total. The molecule has 0 aliphatic rings. The first-order valence-corrected chi connectivity index (χ1v) is 6.58. The van der Waals surface area contributed by atoms with Gasteiger partial charge in [0.05, 0.1) is 23.2 Å². The monoisotopic (exact) mass is 330 g/mol. The van der Waals surface area contributed by atoms with E-state index in [0.29, 0.717) is 22.6 Å². The topological polar surface area (TPSA) is 62.1 Å². The van der Waals surface area contributed by atoms with E-state index in [-0.39, 0.29) is 5.91 Å². The van der Waals surface area contributed by atoms with Gasteiger partial charge in [-0.2, -0.15) is 5.26 Å². The van der Waals surface area contributed by atoms with Crippen LogP contribution in [0.4, 0.5) is 5.69 Å². The fourth-order valence-corrected chi connectivity index (χ4v) is 2.18. The Hall–Kier alpha value is -2.32. The maximum atomic E-state index is 12.0. The van der Waals surface area contributed by atoms with Crippen LogP contribution in [0.25, 0.3) is 0 Å². The van der Waals surface area contributed by atoms with Gasteiger partial charge >= 0.3 is 0 Å². The molecule has 0 saturated carbocycles. The first-order valence-electron chi connectivity index (χ1n) is 5.79. The summed E-state index contributed by atoms with van der Waals surface area (Å²) in [7, 11) is 1.58. The van der Waals surface area contributed by atoms with Gasteiger partial charge in [0.25, 0.3) is 5.91 Å². The minimum absolute atomic E-state index is 0.230. The van der Waals surface area contributed by atoms with Crippen LogP contribution < -0.4 is 10.1 Å². The van der Waals surface area contributed by atoms with Crippen LogP contribution in [0.5, 0.6) is 5.75 Å². The molecule has 0 aliphatic carbocycles. The van der Waals surface area contributed by atoms with Gasteiger partial charge in [0.15, 0.2) is 0 Å². The molecular formula is C15H11BrN2O2. The van der Waals surface area contributed by atoms with Crippen LogP contribution in [-0.4, -0.2) is 13.0 Å². The van der Waals surface area contributed by atoms with E-state index in [1.54, 1.807) is 49.6 Å². The summed E-state index contributed by atoms with van der Waals surface area (Å²) >= 11 is 3.36. The molecule has 0 spiro atoms. The summed E-state index contributed by atoms with van der Waals surface area (Å²) in [5.41, 5.74) is 1.68. The van der Waals surface area contributed by atoms with E-state index in [9.17, 15) is 4.79 Å². The molecule has 4 nitrogen and oxygen atoms in total. The van der Waals surface area contributed by atoms with E-state index in [2.05, 4.69) is 21.2 Å². The largest absolute Gasteiger partial charge is 0.496 e. The smallest absolute Gasteiger partial charge is 0.255 e. The number of benzene rings is 2. The number of rotatable bonds is 3.